The number of aliphatic hydroxyl groups excluding tert-OH is 1. The number of aromatic nitrogens is 2. The van der Waals surface area contributed by atoms with E-state index in [1.54, 1.807) is 0 Å². The molecule has 98 valence electrons. The van der Waals surface area contributed by atoms with Gasteiger partial charge in [-0.3, -0.25) is 4.79 Å². The van der Waals surface area contributed by atoms with Gasteiger partial charge in [-0.05, 0) is 12.8 Å². The van der Waals surface area contributed by atoms with Gasteiger partial charge in [-0.15, -0.1) is 0 Å². The van der Waals surface area contributed by atoms with E-state index in [0.29, 0.717) is 5.95 Å². The van der Waals surface area contributed by atoms with Crippen LogP contribution in [-0.4, -0.2) is 47.2 Å². The monoisotopic (exact) mass is 270 g/mol. The van der Waals surface area contributed by atoms with E-state index in [-0.39, 0.29) is 23.9 Å². The van der Waals surface area contributed by atoms with Crippen LogP contribution in [0.4, 0.5) is 5.95 Å². The molecule has 1 saturated heterocycles. The predicted molar refractivity (Wildman–Crippen MR) is 67.9 cm³/mol. The van der Waals surface area contributed by atoms with Crippen LogP contribution in [-0.2, 0) is 0 Å². The van der Waals surface area contributed by atoms with Crippen molar-refractivity contribution in [3.05, 3.63) is 16.9 Å². The van der Waals surface area contributed by atoms with Crippen molar-refractivity contribution in [3.63, 3.8) is 0 Å². The first-order valence-corrected chi connectivity index (χ1v) is 6.26. The van der Waals surface area contributed by atoms with E-state index in [2.05, 4.69) is 15.3 Å². The Hall–Kier alpha value is -1.40. The van der Waals surface area contributed by atoms with Gasteiger partial charge < -0.3 is 15.3 Å². The largest absolute Gasteiger partial charge is 0.395 e. The number of aliphatic hydroxyl groups is 1. The van der Waals surface area contributed by atoms with E-state index in [0.717, 1.165) is 25.9 Å². The molecular formula is C11H15ClN4O2. The molecule has 2 rings (SSSR count). The van der Waals surface area contributed by atoms with Crippen molar-refractivity contribution in [3.8, 4) is 0 Å². The van der Waals surface area contributed by atoms with Crippen LogP contribution in [0, 0.1) is 0 Å². The van der Waals surface area contributed by atoms with Crippen molar-refractivity contribution < 1.29 is 9.90 Å². The Morgan fingerprint density at radius 3 is 2.89 bits per heavy atom. The average molecular weight is 271 g/mol. The second kappa shape index (κ2) is 5.97. The van der Waals surface area contributed by atoms with Gasteiger partial charge in [0, 0.05) is 19.6 Å². The molecule has 0 aromatic carbocycles. The molecule has 0 atom stereocenters. The molecule has 6 nitrogen and oxygen atoms in total. The Bertz CT molecular complexity index is 435. The van der Waals surface area contributed by atoms with Crippen LogP contribution in [0.3, 0.4) is 0 Å². The summed E-state index contributed by atoms with van der Waals surface area (Å²) in [6.07, 6.45) is 3.66. The summed E-state index contributed by atoms with van der Waals surface area (Å²) in [6, 6.07) is 0. The molecule has 0 bridgehead atoms. The molecule has 1 aromatic heterocycles. The minimum Gasteiger partial charge on any atom is -0.395 e. The minimum atomic E-state index is -0.392. The number of amides is 1. The molecule has 1 aliphatic rings. The Kier molecular flexibility index (Phi) is 4.33. The number of halogens is 1. The zero-order valence-corrected chi connectivity index (χ0v) is 10.7. The highest BCUT2D eigenvalue weighted by Crippen LogP contribution is 2.19. The number of anilines is 1. The molecule has 1 amide bonds. The third kappa shape index (κ3) is 2.88. The molecule has 1 aromatic rings. The highest BCUT2D eigenvalue weighted by atomic mass is 35.5. The summed E-state index contributed by atoms with van der Waals surface area (Å²) in [4.78, 5) is 22.1. The van der Waals surface area contributed by atoms with E-state index >= 15 is 0 Å². The lowest BCUT2D eigenvalue weighted by Crippen LogP contribution is -2.29. The standard InChI is InChI=1S/C11H15ClN4O2/c12-8-7-14-11(16-4-1-2-5-16)15-9(8)10(18)13-3-6-17/h7,17H,1-6H2,(H,13,18). The number of carbonyl (C=O) groups is 1. The normalized spacial score (nSPS) is 14.9. The Labute approximate surface area is 110 Å². The van der Waals surface area contributed by atoms with E-state index in [1.165, 1.54) is 6.20 Å². The van der Waals surface area contributed by atoms with Gasteiger partial charge in [-0.2, -0.15) is 0 Å². The second-order valence-electron chi connectivity index (χ2n) is 4.04. The van der Waals surface area contributed by atoms with Crippen molar-refractivity contribution in [2.24, 2.45) is 0 Å². The Morgan fingerprint density at radius 2 is 2.22 bits per heavy atom. The predicted octanol–water partition coefficient (Wildman–Crippen LogP) is 0.452. The molecule has 2 N–H and O–H groups in total. The molecular weight excluding hydrogens is 256 g/mol. The topological polar surface area (TPSA) is 78.3 Å². The number of carbonyl (C=O) groups excluding carboxylic acids is 1. The highest BCUT2D eigenvalue weighted by Gasteiger charge is 2.19. The van der Waals surface area contributed by atoms with Crippen molar-refractivity contribution >= 4 is 23.5 Å². The van der Waals surface area contributed by atoms with E-state index in [4.69, 9.17) is 16.7 Å². The molecule has 7 heteroatoms. The maximum absolute atomic E-state index is 11.8. The van der Waals surface area contributed by atoms with Crippen molar-refractivity contribution in [1.82, 2.24) is 15.3 Å². The molecule has 0 saturated carbocycles. The summed E-state index contributed by atoms with van der Waals surface area (Å²) < 4.78 is 0. The fraction of sp³-hybridized carbons (Fsp3) is 0.545. The summed E-state index contributed by atoms with van der Waals surface area (Å²) in [5.74, 6) is 0.142. The van der Waals surface area contributed by atoms with Gasteiger partial charge in [-0.1, -0.05) is 11.6 Å². The molecule has 18 heavy (non-hydrogen) atoms. The third-order valence-corrected chi connectivity index (χ3v) is 3.01. The molecule has 0 radical (unpaired) electrons. The Morgan fingerprint density at radius 1 is 1.50 bits per heavy atom. The molecule has 2 heterocycles. The number of hydrogen-bond donors (Lipinski definition) is 2. The molecule has 1 aliphatic heterocycles. The minimum absolute atomic E-state index is 0.118. The average Bonchev–Trinajstić information content (AvgIpc) is 2.90. The van der Waals surface area contributed by atoms with Crippen LogP contribution >= 0.6 is 11.6 Å². The van der Waals surface area contributed by atoms with E-state index < -0.39 is 5.91 Å². The zero-order valence-electron chi connectivity index (χ0n) is 9.90. The third-order valence-electron chi connectivity index (χ3n) is 2.73. The van der Waals surface area contributed by atoms with Crippen molar-refractivity contribution in [2.75, 3.05) is 31.1 Å². The highest BCUT2D eigenvalue weighted by molar-refractivity contribution is 6.33. The van der Waals surface area contributed by atoms with Crippen LogP contribution in [0.1, 0.15) is 23.3 Å². The summed E-state index contributed by atoms with van der Waals surface area (Å²) in [7, 11) is 0. The van der Waals surface area contributed by atoms with Crippen LogP contribution in [0.5, 0.6) is 0 Å². The van der Waals surface area contributed by atoms with Crippen LogP contribution in [0.2, 0.25) is 5.02 Å². The lowest BCUT2D eigenvalue weighted by Gasteiger charge is -2.15. The van der Waals surface area contributed by atoms with E-state index in [1.807, 2.05) is 4.90 Å². The lowest BCUT2D eigenvalue weighted by atomic mass is 10.3. The van der Waals surface area contributed by atoms with Crippen LogP contribution in [0.25, 0.3) is 0 Å². The van der Waals surface area contributed by atoms with Gasteiger partial charge in [0.05, 0.1) is 17.8 Å². The van der Waals surface area contributed by atoms with Gasteiger partial charge in [0.1, 0.15) is 0 Å². The number of hydrogen-bond acceptors (Lipinski definition) is 5. The van der Waals surface area contributed by atoms with Gasteiger partial charge in [0.2, 0.25) is 5.95 Å². The molecule has 1 fully saturated rings. The quantitative estimate of drug-likeness (QED) is 0.831. The zero-order chi connectivity index (χ0) is 13.0. The van der Waals surface area contributed by atoms with Crippen LogP contribution < -0.4 is 10.2 Å². The fourth-order valence-corrected chi connectivity index (χ4v) is 2.02. The molecule has 0 aliphatic carbocycles. The Balaban J connectivity index is 2.17. The van der Waals surface area contributed by atoms with Crippen molar-refractivity contribution in [2.45, 2.75) is 12.8 Å². The summed E-state index contributed by atoms with van der Waals surface area (Å²) in [5.41, 5.74) is 0.155. The van der Waals surface area contributed by atoms with Gasteiger partial charge >= 0.3 is 0 Å². The van der Waals surface area contributed by atoms with Gasteiger partial charge in [0.25, 0.3) is 5.91 Å². The SMILES string of the molecule is O=C(NCCO)c1nc(N2CCCC2)ncc1Cl. The van der Waals surface area contributed by atoms with E-state index in [9.17, 15) is 4.79 Å². The number of nitrogens with zero attached hydrogens (tertiary/aromatic N) is 3. The fourth-order valence-electron chi connectivity index (χ4n) is 1.84. The first-order valence-electron chi connectivity index (χ1n) is 5.89. The molecule has 0 spiro atoms. The first-order chi connectivity index (χ1) is 8.72. The molecule has 0 unspecified atom stereocenters. The van der Waals surface area contributed by atoms with Crippen LogP contribution in [0.15, 0.2) is 6.20 Å². The first kappa shape index (κ1) is 13.0. The maximum atomic E-state index is 11.8. The number of nitrogens with one attached hydrogen (secondary N) is 1. The van der Waals surface area contributed by atoms with Gasteiger partial charge in [0.15, 0.2) is 5.69 Å². The second-order valence-corrected chi connectivity index (χ2v) is 4.45. The summed E-state index contributed by atoms with van der Waals surface area (Å²) >= 11 is 5.91. The summed E-state index contributed by atoms with van der Waals surface area (Å²) in [5, 5.41) is 11.4. The smallest absolute Gasteiger partial charge is 0.271 e. The summed E-state index contributed by atoms with van der Waals surface area (Å²) in [6.45, 7) is 1.87. The van der Waals surface area contributed by atoms with Crippen molar-refractivity contribution in [1.29, 1.82) is 0 Å². The number of rotatable bonds is 4. The maximum Gasteiger partial charge on any atom is 0.271 e. The lowest BCUT2D eigenvalue weighted by molar-refractivity contribution is 0.0940. The van der Waals surface area contributed by atoms with Gasteiger partial charge in [-0.25, -0.2) is 9.97 Å².